The van der Waals surface area contributed by atoms with Crippen LogP contribution in [0.5, 0.6) is 11.6 Å². The van der Waals surface area contributed by atoms with Crippen molar-refractivity contribution in [1.29, 1.82) is 0 Å². The first-order valence-electron chi connectivity index (χ1n) is 9.52. The van der Waals surface area contributed by atoms with Crippen LogP contribution < -0.4 is 9.47 Å². The number of pyridine rings is 2. The maximum Gasteiger partial charge on any atom is 0.388 e. The summed E-state index contributed by atoms with van der Waals surface area (Å²) < 4.78 is 50.6. The molecule has 0 amide bonds. The van der Waals surface area contributed by atoms with E-state index in [0.717, 1.165) is 16.8 Å². The molecule has 0 aliphatic rings. The van der Waals surface area contributed by atoms with Crippen molar-refractivity contribution in [2.45, 2.75) is 26.4 Å². The van der Waals surface area contributed by atoms with Crippen molar-refractivity contribution in [2.24, 2.45) is 0 Å². The predicted octanol–water partition coefficient (Wildman–Crippen LogP) is 4.63. The van der Waals surface area contributed by atoms with Gasteiger partial charge in [-0.15, -0.1) is 10.2 Å². The Kier molecular flexibility index (Phi) is 5.75. The van der Waals surface area contributed by atoms with Gasteiger partial charge in [0.2, 0.25) is 5.88 Å². The smallest absolute Gasteiger partial charge is 0.388 e. The molecule has 0 saturated heterocycles. The van der Waals surface area contributed by atoms with Crippen molar-refractivity contribution in [1.82, 2.24) is 19.6 Å². The van der Waals surface area contributed by atoms with Crippen molar-refractivity contribution in [2.75, 3.05) is 7.11 Å². The third kappa shape index (κ3) is 4.16. The first-order chi connectivity index (χ1) is 15.0. The number of ether oxygens (including phenoxy) is 2. The Morgan fingerprint density at radius 2 is 1.94 bits per heavy atom. The Morgan fingerprint density at radius 1 is 1.10 bits per heavy atom. The Morgan fingerprint density at radius 3 is 2.68 bits per heavy atom. The fourth-order valence-corrected chi connectivity index (χ4v) is 3.57. The van der Waals surface area contributed by atoms with Crippen molar-refractivity contribution < 1.29 is 22.6 Å². The molecule has 6 nitrogen and oxygen atoms in total. The van der Waals surface area contributed by atoms with Gasteiger partial charge in [-0.3, -0.25) is 4.40 Å². The van der Waals surface area contributed by atoms with Crippen molar-refractivity contribution in [3.8, 4) is 22.8 Å². The van der Waals surface area contributed by atoms with E-state index in [1.165, 1.54) is 25.4 Å². The number of rotatable bonds is 7. The van der Waals surface area contributed by atoms with Crippen LogP contribution >= 0.6 is 0 Å². The molecule has 0 saturated carbocycles. The molecule has 0 bridgehead atoms. The van der Waals surface area contributed by atoms with Gasteiger partial charge >= 0.3 is 6.61 Å². The molecule has 0 spiro atoms. The van der Waals surface area contributed by atoms with Gasteiger partial charge < -0.3 is 9.47 Å². The lowest BCUT2D eigenvalue weighted by Gasteiger charge is -2.13. The highest BCUT2D eigenvalue weighted by Crippen LogP contribution is 2.30. The van der Waals surface area contributed by atoms with E-state index < -0.39 is 6.61 Å². The molecule has 4 aromatic rings. The normalized spacial score (nSPS) is 11.3. The van der Waals surface area contributed by atoms with E-state index >= 15 is 0 Å². The minimum Gasteiger partial charge on any atom is -0.496 e. The zero-order valence-corrected chi connectivity index (χ0v) is 16.8. The largest absolute Gasteiger partial charge is 0.496 e. The lowest BCUT2D eigenvalue weighted by atomic mass is 10.0. The number of alkyl halides is 2. The number of halogens is 3. The molecule has 0 aliphatic heterocycles. The first-order valence-corrected chi connectivity index (χ1v) is 9.52. The minimum absolute atomic E-state index is 0.149. The Labute approximate surface area is 176 Å². The third-order valence-corrected chi connectivity index (χ3v) is 5.05. The second-order valence-corrected chi connectivity index (χ2v) is 6.90. The van der Waals surface area contributed by atoms with Crippen LogP contribution in [0.1, 0.15) is 16.8 Å². The summed E-state index contributed by atoms with van der Waals surface area (Å²) in [6, 6.07) is 9.97. The van der Waals surface area contributed by atoms with Crippen LogP contribution in [0, 0.1) is 12.7 Å². The zero-order chi connectivity index (χ0) is 22.0. The van der Waals surface area contributed by atoms with Crippen LogP contribution in [0.15, 0.2) is 48.9 Å². The summed E-state index contributed by atoms with van der Waals surface area (Å²) in [5.41, 5.74) is 4.16. The summed E-state index contributed by atoms with van der Waals surface area (Å²) >= 11 is 0. The Bertz CT molecular complexity index is 1230. The van der Waals surface area contributed by atoms with Crippen LogP contribution in [0.3, 0.4) is 0 Å². The molecule has 31 heavy (non-hydrogen) atoms. The molecule has 0 atom stereocenters. The topological polar surface area (TPSA) is 61.5 Å². The van der Waals surface area contributed by atoms with E-state index in [1.807, 2.05) is 16.5 Å². The second-order valence-electron chi connectivity index (χ2n) is 6.90. The molecule has 3 heterocycles. The van der Waals surface area contributed by atoms with Crippen LogP contribution in [-0.4, -0.2) is 33.3 Å². The quantitative estimate of drug-likeness (QED) is 0.429. The van der Waals surface area contributed by atoms with Crippen LogP contribution in [0.25, 0.3) is 16.8 Å². The summed E-state index contributed by atoms with van der Waals surface area (Å²) in [5.74, 6) is 0.0393. The number of hydrogen-bond donors (Lipinski definition) is 0. The molecular formula is C22H19F3N4O2. The fourth-order valence-electron chi connectivity index (χ4n) is 3.57. The van der Waals surface area contributed by atoms with E-state index in [-0.39, 0.29) is 11.7 Å². The van der Waals surface area contributed by atoms with Gasteiger partial charge in [-0.25, -0.2) is 9.37 Å². The number of aromatic nitrogens is 4. The highest BCUT2D eigenvalue weighted by molar-refractivity contribution is 5.79. The average Bonchev–Trinajstić information content (AvgIpc) is 3.23. The SMILES string of the molecule is COc1cccc(F)c1CCc1ccc(-c2cnc(OC(F)F)cc2C)c2nncn12. The monoisotopic (exact) mass is 428 g/mol. The minimum atomic E-state index is -2.94. The average molecular weight is 428 g/mol. The molecule has 0 aliphatic carbocycles. The third-order valence-electron chi connectivity index (χ3n) is 5.05. The molecule has 3 aromatic heterocycles. The van der Waals surface area contributed by atoms with Gasteiger partial charge in [0.1, 0.15) is 17.9 Å². The molecular weight excluding hydrogens is 409 g/mol. The summed E-state index contributed by atoms with van der Waals surface area (Å²) in [5, 5.41) is 8.22. The Balaban J connectivity index is 1.66. The molecule has 4 rings (SSSR count). The number of benzene rings is 1. The molecule has 0 fully saturated rings. The van der Waals surface area contributed by atoms with Gasteiger partial charge in [-0.05, 0) is 49.6 Å². The van der Waals surface area contributed by atoms with Gasteiger partial charge in [-0.2, -0.15) is 8.78 Å². The lowest BCUT2D eigenvalue weighted by molar-refractivity contribution is -0.0528. The maximum absolute atomic E-state index is 14.3. The molecule has 1 aromatic carbocycles. The van der Waals surface area contributed by atoms with Crippen LogP contribution in [-0.2, 0) is 12.8 Å². The van der Waals surface area contributed by atoms with Gasteiger partial charge in [0.15, 0.2) is 5.65 Å². The maximum atomic E-state index is 14.3. The number of fused-ring (bicyclic) bond motifs is 1. The van der Waals surface area contributed by atoms with Crippen LogP contribution in [0.2, 0.25) is 0 Å². The second kappa shape index (κ2) is 8.63. The van der Waals surface area contributed by atoms with Crippen LogP contribution in [0.4, 0.5) is 13.2 Å². The van der Waals surface area contributed by atoms with Gasteiger partial charge in [0, 0.05) is 34.6 Å². The highest BCUT2D eigenvalue weighted by Gasteiger charge is 2.15. The highest BCUT2D eigenvalue weighted by atomic mass is 19.3. The lowest BCUT2D eigenvalue weighted by Crippen LogP contribution is -2.05. The summed E-state index contributed by atoms with van der Waals surface area (Å²) in [6.07, 6.45) is 4.03. The van der Waals surface area contributed by atoms with Crippen molar-refractivity contribution in [3.05, 3.63) is 71.6 Å². The van der Waals surface area contributed by atoms with E-state index in [2.05, 4.69) is 19.9 Å². The summed E-state index contributed by atoms with van der Waals surface area (Å²) in [6.45, 7) is -1.16. The van der Waals surface area contributed by atoms with Crippen molar-refractivity contribution in [3.63, 3.8) is 0 Å². The number of nitrogens with zero attached hydrogens (tertiary/aromatic N) is 4. The summed E-state index contributed by atoms with van der Waals surface area (Å²) in [4.78, 5) is 3.96. The predicted molar refractivity (Wildman–Crippen MR) is 108 cm³/mol. The van der Waals surface area contributed by atoms with E-state index in [0.29, 0.717) is 35.4 Å². The van der Waals surface area contributed by atoms with Gasteiger partial charge in [0.05, 0.1) is 7.11 Å². The molecule has 0 unspecified atom stereocenters. The Hall–Kier alpha value is -3.62. The molecule has 0 radical (unpaired) electrons. The molecule has 9 heteroatoms. The number of hydrogen-bond acceptors (Lipinski definition) is 5. The standard InChI is InChI=1S/C22H19F3N4O2/c1-13-10-20(31-22(24)25)26-11-17(13)15-8-6-14(29-12-27-28-21(15)29)7-9-16-18(23)4-3-5-19(16)30-2/h3-6,8,10-12,22H,7,9H2,1-2H3. The molecule has 0 N–H and O–H groups in total. The summed E-state index contributed by atoms with van der Waals surface area (Å²) in [7, 11) is 1.51. The van der Waals surface area contributed by atoms with Gasteiger partial charge in [-0.1, -0.05) is 6.07 Å². The van der Waals surface area contributed by atoms with E-state index in [4.69, 9.17) is 4.74 Å². The number of aryl methyl sites for hydroxylation is 2. The van der Waals surface area contributed by atoms with Crippen molar-refractivity contribution >= 4 is 5.65 Å². The van der Waals surface area contributed by atoms with Gasteiger partial charge in [0.25, 0.3) is 0 Å². The zero-order valence-electron chi connectivity index (χ0n) is 16.8. The van der Waals surface area contributed by atoms with E-state index in [9.17, 15) is 13.2 Å². The molecule has 160 valence electrons. The first kappa shape index (κ1) is 20.6. The fraction of sp³-hybridized carbons (Fsp3) is 0.227. The number of methoxy groups -OCH3 is 1. The van der Waals surface area contributed by atoms with E-state index in [1.54, 1.807) is 25.4 Å².